The van der Waals surface area contributed by atoms with Crippen LogP contribution in [0.4, 0.5) is 5.69 Å². The standard InChI is InChI=1S/C28H25Cl2IN2O4.Na/c1-17(18-5-9-20(29)10-6-18)33-26(19-7-11-21(30)12-8-19)28(37)32(15-3-2-4-25(34)35)24-14-13-22(31)16-23(24)27(33)36;/h5-14,16-17,26H,2-4,15H2,1H3,(H,34,35);/q;+1/p-1/t17-,26+;/m1./s1. The number of unbranched alkanes of at least 4 members (excludes halogenated alkanes) is 1. The van der Waals surface area contributed by atoms with Crippen molar-refractivity contribution < 1.29 is 49.0 Å². The number of nitrogens with zero attached hydrogens (tertiary/aromatic N) is 2. The van der Waals surface area contributed by atoms with Gasteiger partial charge in [0.1, 0.15) is 6.04 Å². The normalized spacial score (nSPS) is 15.9. The molecule has 38 heavy (non-hydrogen) atoms. The van der Waals surface area contributed by atoms with Crippen molar-refractivity contribution in [2.75, 3.05) is 11.4 Å². The molecule has 1 aliphatic heterocycles. The Morgan fingerprint density at radius 1 is 0.974 bits per heavy atom. The fourth-order valence-corrected chi connectivity index (χ4v) is 5.32. The van der Waals surface area contributed by atoms with Crippen LogP contribution in [0, 0.1) is 3.57 Å². The van der Waals surface area contributed by atoms with E-state index in [1.165, 1.54) is 0 Å². The molecule has 2 atom stereocenters. The number of carbonyl (C=O) groups is 3. The minimum atomic E-state index is -1.13. The Balaban J connectivity index is 0.00000400. The van der Waals surface area contributed by atoms with Crippen LogP contribution < -0.4 is 39.6 Å². The largest absolute Gasteiger partial charge is 1.00 e. The molecular formula is C28H24Cl2IN2NaO4. The zero-order chi connectivity index (χ0) is 26.7. The minimum absolute atomic E-state index is 0. The van der Waals surface area contributed by atoms with Crippen molar-refractivity contribution in [2.24, 2.45) is 0 Å². The molecule has 2 amide bonds. The van der Waals surface area contributed by atoms with E-state index < -0.39 is 18.1 Å². The molecule has 192 valence electrons. The topological polar surface area (TPSA) is 80.8 Å². The summed E-state index contributed by atoms with van der Waals surface area (Å²) in [5.74, 6) is -1.68. The number of amides is 2. The van der Waals surface area contributed by atoms with Crippen LogP contribution in [0.3, 0.4) is 0 Å². The van der Waals surface area contributed by atoms with E-state index in [1.807, 2.05) is 25.1 Å². The second-order valence-corrected chi connectivity index (χ2v) is 11.0. The van der Waals surface area contributed by atoms with E-state index in [9.17, 15) is 19.5 Å². The predicted octanol–water partition coefficient (Wildman–Crippen LogP) is 2.81. The number of hydrogen-bond acceptors (Lipinski definition) is 4. The molecule has 1 heterocycles. The van der Waals surface area contributed by atoms with Gasteiger partial charge in [0.25, 0.3) is 11.8 Å². The molecule has 0 spiro atoms. The van der Waals surface area contributed by atoms with Crippen molar-refractivity contribution in [1.29, 1.82) is 0 Å². The van der Waals surface area contributed by atoms with Crippen LogP contribution in [-0.2, 0) is 9.59 Å². The van der Waals surface area contributed by atoms with Gasteiger partial charge in [-0.25, -0.2) is 0 Å². The van der Waals surface area contributed by atoms with E-state index in [2.05, 4.69) is 22.6 Å². The molecule has 0 saturated heterocycles. The summed E-state index contributed by atoms with van der Waals surface area (Å²) in [5, 5.41) is 12.0. The Bertz CT molecular complexity index is 1320. The smallest absolute Gasteiger partial charge is 0.550 e. The van der Waals surface area contributed by atoms with Gasteiger partial charge in [0.15, 0.2) is 0 Å². The molecule has 4 rings (SSSR count). The molecule has 0 bridgehead atoms. The molecule has 1 aliphatic rings. The fraction of sp³-hybridized carbons (Fsp3) is 0.250. The monoisotopic (exact) mass is 672 g/mol. The molecule has 0 radical (unpaired) electrons. The van der Waals surface area contributed by atoms with Crippen molar-refractivity contribution >= 4 is 69.3 Å². The summed E-state index contributed by atoms with van der Waals surface area (Å²) >= 11 is 14.4. The van der Waals surface area contributed by atoms with Crippen molar-refractivity contribution in [3.8, 4) is 0 Å². The van der Waals surface area contributed by atoms with Gasteiger partial charge in [-0.2, -0.15) is 0 Å². The summed E-state index contributed by atoms with van der Waals surface area (Å²) in [5.41, 5.74) is 2.39. The second kappa shape index (κ2) is 13.6. The van der Waals surface area contributed by atoms with E-state index in [1.54, 1.807) is 58.3 Å². The van der Waals surface area contributed by atoms with Gasteiger partial charge in [-0.1, -0.05) is 47.5 Å². The van der Waals surface area contributed by atoms with Crippen molar-refractivity contribution in [2.45, 2.75) is 38.3 Å². The zero-order valence-electron chi connectivity index (χ0n) is 21.0. The van der Waals surface area contributed by atoms with Crippen molar-refractivity contribution in [3.05, 3.63) is 97.0 Å². The van der Waals surface area contributed by atoms with Gasteiger partial charge in [-0.05, 0) is 102 Å². The van der Waals surface area contributed by atoms with Crippen LogP contribution >= 0.6 is 45.8 Å². The average molecular weight is 673 g/mol. The first-order chi connectivity index (χ1) is 17.7. The molecule has 0 unspecified atom stereocenters. The number of aliphatic carboxylic acids is 1. The van der Waals surface area contributed by atoms with Gasteiger partial charge in [0.05, 0.1) is 17.3 Å². The number of rotatable bonds is 8. The zero-order valence-corrected chi connectivity index (χ0v) is 26.7. The molecule has 0 aliphatic carbocycles. The second-order valence-electron chi connectivity index (χ2n) is 8.87. The van der Waals surface area contributed by atoms with E-state index in [0.717, 1.165) is 9.13 Å². The predicted molar refractivity (Wildman–Crippen MR) is 151 cm³/mol. The number of fused-ring (bicyclic) bond motifs is 1. The minimum Gasteiger partial charge on any atom is -0.550 e. The number of carboxylic acid groups (broad SMARTS) is 1. The van der Waals surface area contributed by atoms with Crippen LogP contribution in [0.5, 0.6) is 0 Å². The van der Waals surface area contributed by atoms with E-state index in [0.29, 0.717) is 39.7 Å². The quantitative estimate of drug-likeness (QED) is 0.210. The maximum Gasteiger partial charge on any atom is 1.00 e. The Labute approximate surface area is 267 Å². The first-order valence-electron chi connectivity index (χ1n) is 11.8. The third-order valence-corrected chi connectivity index (χ3v) is 7.64. The SMILES string of the molecule is C[C@H](c1ccc(Cl)cc1)N1C(=O)c2cc(I)ccc2N(CCCCC(=O)[O-])C(=O)[C@@H]1c1ccc(Cl)cc1.[Na+]. The molecular weight excluding hydrogens is 649 g/mol. The number of anilines is 1. The molecule has 10 heteroatoms. The molecule has 6 nitrogen and oxygen atoms in total. The molecule has 0 saturated carbocycles. The van der Waals surface area contributed by atoms with Crippen LogP contribution in [0.25, 0.3) is 0 Å². The Morgan fingerprint density at radius 3 is 2.18 bits per heavy atom. The van der Waals surface area contributed by atoms with Crippen LogP contribution in [0.2, 0.25) is 10.0 Å². The Hall–Kier alpha value is -1.62. The maximum atomic E-state index is 14.3. The first kappa shape index (κ1) is 30.9. The van der Waals surface area contributed by atoms with Crippen LogP contribution in [-0.4, -0.2) is 29.2 Å². The van der Waals surface area contributed by atoms with Crippen molar-refractivity contribution in [1.82, 2.24) is 4.90 Å². The number of halogens is 3. The third-order valence-electron chi connectivity index (χ3n) is 6.46. The Morgan fingerprint density at radius 2 is 1.58 bits per heavy atom. The average Bonchev–Trinajstić information content (AvgIpc) is 2.95. The van der Waals surface area contributed by atoms with Gasteiger partial charge >= 0.3 is 29.6 Å². The molecule has 0 fully saturated rings. The van der Waals surface area contributed by atoms with Crippen LogP contribution in [0.15, 0.2) is 66.7 Å². The first-order valence-corrected chi connectivity index (χ1v) is 13.6. The number of carboxylic acids is 1. The van der Waals surface area contributed by atoms with E-state index in [4.69, 9.17) is 23.2 Å². The third kappa shape index (κ3) is 6.92. The molecule has 3 aromatic rings. The summed E-state index contributed by atoms with van der Waals surface area (Å²) in [7, 11) is 0. The summed E-state index contributed by atoms with van der Waals surface area (Å²) in [6.45, 7) is 2.15. The van der Waals surface area contributed by atoms with Gasteiger partial charge in [0.2, 0.25) is 0 Å². The van der Waals surface area contributed by atoms with Gasteiger partial charge in [0, 0.05) is 26.1 Å². The van der Waals surface area contributed by atoms with Gasteiger partial charge in [-0.15, -0.1) is 0 Å². The van der Waals surface area contributed by atoms with Gasteiger partial charge < -0.3 is 19.7 Å². The maximum absolute atomic E-state index is 14.3. The summed E-state index contributed by atoms with van der Waals surface area (Å²) < 4.78 is 0.859. The Kier molecular flexibility index (Phi) is 11.1. The fourth-order valence-electron chi connectivity index (χ4n) is 4.58. The molecule has 0 aromatic heterocycles. The number of hydrogen-bond donors (Lipinski definition) is 0. The molecule has 0 N–H and O–H groups in total. The number of benzene rings is 3. The van der Waals surface area contributed by atoms with Gasteiger partial charge in [-0.3, -0.25) is 9.59 Å². The van der Waals surface area contributed by atoms with Crippen molar-refractivity contribution in [3.63, 3.8) is 0 Å². The summed E-state index contributed by atoms with van der Waals surface area (Å²) in [6.07, 6.45) is 0.705. The van der Waals surface area contributed by atoms with E-state index in [-0.39, 0.29) is 54.3 Å². The van der Waals surface area contributed by atoms with E-state index >= 15 is 0 Å². The molecule has 3 aromatic carbocycles. The van der Waals surface area contributed by atoms with Crippen LogP contribution in [0.1, 0.15) is 59.8 Å². The summed E-state index contributed by atoms with van der Waals surface area (Å²) in [6, 6.07) is 18.2. The number of carbonyl (C=O) groups excluding carboxylic acids is 3. The summed E-state index contributed by atoms with van der Waals surface area (Å²) in [4.78, 5) is 42.7.